The van der Waals surface area contributed by atoms with Gasteiger partial charge in [-0.05, 0) is 29.6 Å². The van der Waals surface area contributed by atoms with Crippen molar-refractivity contribution >= 4 is 64.1 Å². The maximum absolute atomic E-state index is 9.38. The van der Waals surface area contributed by atoms with Crippen molar-refractivity contribution in [1.82, 2.24) is 19.5 Å². The first-order chi connectivity index (χ1) is 28.0. The standard InChI is InChI=1S/C43H26N4S/c1-3-13-27(14-4-1)41-44-42(28-15-5-2-6-16-28)46-43(45-41)35-25-26-37(30-18-8-7-17-29(30)35)47-36-21-11-9-19-31(36)33-23-24-34-32-20-10-12-22-38(32)48-40(34)39(33)47/h1-26H/i9D,10D,11D,12D,19D,20D,21D,22D,23D,24D. The summed E-state index contributed by atoms with van der Waals surface area (Å²) >= 11 is 1.05. The van der Waals surface area contributed by atoms with Gasteiger partial charge in [0, 0.05) is 48.3 Å². The highest BCUT2D eigenvalue weighted by atomic mass is 32.1. The third-order valence-corrected chi connectivity index (χ3v) is 9.66. The molecular weight excluding hydrogens is 605 g/mol. The van der Waals surface area contributed by atoms with E-state index in [1.165, 1.54) is 0 Å². The molecule has 0 amide bonds. The first-order valence-corrected chi connectivity index (χ1v) is 16.0. The van der Waals surface area contributed by atoms with E-state index in [2.05, 4.69) is 0 Å². The highest BCUT2D eigenvalue weighted by Gasteiger charge is 2.21. The van der Waals surface area contributed by atoms with Crippen molar-refractivity contribution < 1.29 is 13.7 Å². The monoisotopic (exact) mass is 640 g/mol. The van der Waals surface area contributed by atoms with Gasteiger partial charge in [0.15, 0.2) is 17.5 Å². The predicted molar refractivity (Wildman–Crippen MR) is 201 cm³/mol. The molecule has 7 aromatic carbocycles. The molecule has 0 aliphatic carbocycles. The Morgan fingerprint density at radius 2 is 1.08 bits per heavy atom. The van der Waals surface area contributed by atoms with Crippen molar-refractivity contribution in [2.75, 3.05) is 0 Å². The average Bonchev–Trinajstić information content (AvgIpc) is 3.83. The lowest BCUT2D eigenvalue weighted by Gasteiger charge is -2.15. The van der Waals surface area contributed by atoms with Crippen LogP contribution in [-0.4, -0.2) is 19.5 Å². The molecule has 0 radical (unpaired) electrons. The SMILES string of the molecule is [2H]c1c([2H])c([2H])c2c(sc3c2c([2H])c([2H])c2c4c([2H])c([2H])c([2H])c([2H])c4n(-c4ccc(-c5nc(-c6ccccc6)nc(-c6ccccc6)n5)c5ccccc45)c32)c1[2H]. The topological polar surface area (TPSA) is 43.6 Å². The molecule has 0 bridgehead atoms. The summed E-state index contributed by atoms with van der Waals surface area (Å²) in [5.74, 6) is 1.36. The van der Waals surface area contributed by atoms with E-state index in [4.69, 9.17) is 24.5 Å². The van der Waals surface area contributed by atoms with Crippen LogP contribution in [0.15, 0.2) is 157 Å². The van der Waals surface area contributed by atoms with Crippen molar-refractivity contribution in [3.05, 3.63) is 157 Å². The number of aromatic nitrogens is 4. The van der Waals surface area contributed by atoms with E-state index < -0.39 is 24.2 Å². The number of thiophene rings is 1. The summed E-state index contributed by atoms with van der Waals surface area (Å²) in [6.45, 7) is 0. The van der Waals surface area contributed by atoms with Gasteiger partial charge >= 0.3 is 0 Å². The Morgan fingerprint density at radius 1 is 0.479 bits per heavy atom. The van der Waals surface area contributed by atoms with E-state index in [9.17, 15) is 4.11 Å². The number of nitrogens with zero attached hydrogens (tertiary/aromatic N) is 4. The van der Waals surface area contributed by atoms with Crippen molar-refractivity contribution in [3.63, 3.8) is 0 Å². The summed E-state index contributed by atoms with van der Waals surface area (Å²) in [6, 6.07) is 26.6. The van der Waals surface area contributed by atoms with Crippen LogP contribution in [0.5, 0.6) is 0 Å². The third kappa shape index (κ3) is 4.11. The second kappa shape index (κ2) is 10.7. The van der Waals surface area contributed by atoms with Crippen LogP contribution in [0.4, 0.5) is 0 Å². The lowest BCUT2D eigenvalue weighted by Crippen LogP contribution is -2.01. The Morgan fingerprint density at radius 3 is 1.83 bits per heavy atom. The van der Waals surface area contributed by atoms with Gasteiger partial charge in [-0.15, -0.1) is 11.3 Å². The minimum atomic E-state index is -0.489. The minimum Gasteiger partial charge on any atom is -0.307 e. The van der Waals surface area contributed by atoms with Crippen LogP contribution < -0.4 is 0 Å². The molecule has 3 heterocycles. The van der Waals surface area contributed by atoms with Gasteiger partial charge in [0.1, 0.15) is 0 Å². The molecule has 0 aliphatic rings. The van der Waals surface area contributed by atoms with E-state index >= 15 is 0 Å². The summed E-state index contributed by atoms with van der Waals surface area (Å²) in [5, 5.41) is 1.82. The Bertz CT molecular complexity index is 3350. The largest absolute Gasteiger partial charge is 0.307 e. The van der Waals surface area contributed by atoms with Gasteiger partial charge in [0.2, 0.25) is 0 Å². The van der Waals surface area contributed by atoms with Gasteiger partial charge in [0.25, 0.3) is 0 Å². The Balaban J connectivity index is 1.36. The second-order valence-corrected chi connectivity index (χ2v) is 12.3. The van der Waals surface area contributed by atoms with Crippen molar-refractivity contribution in [3.8, 4) is 39.9 Å². The van der Waals surface area contributed by atoms with Crippen LogP contribution >= 0.6 is 11.3 Å². The van der Waals surface area contributed by atoms with Crippen LogP contribution in [-0.2, 0) is 0 Å². The minimum absolute atomic E-state index is 0.0593. The summed E-state index contributed by atoms with van der Waals surface area (Å²) in [7, 11) is 0. The fourth-order valence-electron chi connectivity index (χ4n) is 6.41. The molecule has 224 valence electrons. The molecule has 0 unspecified atom stereocenters. The first kappa shape index (κ1) is 18.8. The molecule has 10 rings (SSSR count). The molecule has 0 saturated carbocycles. The van der Waals surface area contributed by atoms with Crippen LogP contribution in [0.25, 0.3) is 92.6 Å². The summed E-state index contributed by atoms with van der Waals surface area (Å²) in [6.07, 6.45) is 0. The van der Waals surface area contributed by atoms with Crippen LogP contribution in [0, 0.1) is 0 Å². The summed E-state index contributed by atoms with van der Waals surface area (Å²) in [5.41, 5.74) is 3.17. The maximum atomic E-state index is 9.38. The highest BCUT2D eigenvalue weighted by molar-refractivity contribution is 7.26. The molecule has 5 heteroatoms. The van der Waals surface area contributed by atoms with Crippen molar-refractivity contribution in [2.45, 2.75) is 0 Å². The number of para-hydroxylation sites is 1. The zero-order valence-electron chi connectivity index (χ0n) is 34.9. The van der Waals surface area contributed by atoms with Gasteiger partial charge in [0.05, 0.1) is 35.1 Å². The summed E-state index contributed by atoms with van der Waals surface area (Å²) < 4.78 is 91.0. The van der Waals surface area contributed by atoms with Gasteiger partial charge in [-0.25, -0.2) is 15.0 Å². The normalized spacial score (nSPS) is 14.7. The quantitative estimate of drug-likeness (QED) is 0.192. The van der Waals surface area contributed by atoms with E-state index in [0.717, 1.165) is 27.8 Å². The maximum Gasteiger partial charge on any atom is 0.164 e. The van der Waals surface area contributed by atoms with Gasteiger partial charge < -0.3 is 4.57 Å². The molecule has 0 fully saturated rings. The molecule has 0 aliphatic heterocycles. The van der Waals surface area contributed by atoms with E-state index in [-0.39, 0.29) is 68.0 Å². The van der Waals surface area contributed by atoms with E-state index in [1.54, 1.807) is 4.57 Å². The fraction of sp³-hybridized carbons (Fsp3) is 0. The number of fused-ring (bicyclic) bond motifs is 8. The highest BCUT2D eigenvalue weighted by Crippen LogP contribution is 2.44. The van der Waals surface area contributed by atoms with Crippen LogP contribution in [0.2, 0.25) is 0 Å². The smallest absolute Gasteiger partial charge is 0.164 e. The fourth-order valence-corrected chi connectivity index (χ4v) is 7.51. The molecule has 4 nitrogen and oxygen atoms in total. The summed E-state index contributed by atoms with van der Waals surface area (Å²) in [4.78, 5) is 14.8. The molecule has 0 saturated heterocycles. The molecule has 0 spiro atoms. The average molecular weight is 641 g/mol. The molecule has 10 aromatic rings. The van der Waals surface area contributed by atoms with Gasteiger partial charge in [-0.1, -0.05) is 133 Å². The number of rotatable bonds is 4. The lowest BCUT2D eigenvalue weighted by molar-refractivity contribution is 1.08. The molecule has 0 N–H and O–H groups in total. The zero-order chi connectivity index (χ0) is 40.3. The second-order valence-electron chi connectivity index (χ2n) is 11.3. The molecule has 48 heavy (non-hydrogen) atoms. The number of benzene rings is 7. The Hall–Kier alpha value is -6.17. The van der Waals surface area contributed by atoms with Crippen LogP contribution in [0.3, 0.4) is 0 Å². The Kier molecular flexibility index (Phi) is 4.20. The lowest BCUT2D eigenvalue weighted by atomic mass is 10.0. The Labute approximate surface area is 294 Å². The van der Waals surface area contributed by atoms with Crippen molar-refractivity contribution in [2.24, 2.45) is 0 Å². The first-order valence-electron chi connectivity index (χ1n) is 20.2. The molecule has 0 atom stereocenters. The van der Waals surface area contributed by atoms with E-state index in [0.29, 0.717) is 44.3 Å². The third-order valence-electron chi connectivity index (χ3n) is 8.55. The molecular formula is C43H26N4S. The van der Waals surface area contributed by atoms with Crippen LogP contribution in [0.1, 0.15) is 13.7 Å². The number of hydrogen-bond acceptors (Lipinski definition) is 4. The van der Waals surface area contributed by atoms with E-state index in [1.807, 2.05) is 97.1 Å². The van der Waals surface area contributed by atoms with Crippen molar-refractivity contribution in [1.29, 1.82) is 0 Å². The number of hydrogen-bond donors (Lipinski definition) is 0. The zero-order valence-corrected chi connectivity index (χ0v) is 25.8. The van der Waals surface area contributed by atoms with Gasteiger partial charge in [-0.3, -0.25) is 0 Å². The molecule has 3 aromatic heterocycles. The predicted octanol–water partition coefficient (Wildman–Crippen LogP) is 11.5. The van der Waals surface area contributed by atoms with Gasteiger partial charge in [-0.2, -0.15) is 0 Å².